The van der Waals surface area contributed by atoms with E-state index in [1.54, 1.807) is 0 Å². The predicted octanol–water partition coefficient (Wildman–Crippen LogP) is 2.19. The number of piperazine rings is 1. The zero-order valence-corrected chi connectivity index (χ0v) is 16.4. The molecule has 27 heavy (non-hydrogen) atoms. The summed E-state index contributed by atoms with van der Waals surface area (Å²) >= 11 is 0. The van der Waals surface area contributed by atoms with Crippen LogP contribution < -0.4 is 9.64 Å². The third kappa shape index (κ3) is 4.22. The molecule has 1 aromatic heterocycles. The summed E-state index contributed by atoms with van der Waals surface area (Å²) in [5.41, 5.74) is 3.72. The lowest BCUT2D eigenvalue weighted by Gasteiger charge is -2.33. The van der Waals surface area contributed by atoms with Gasteiger partial charge < -0.3 is 14.5 Å². The molecule has 0 aliphatic carbocycles. The van der Waals surface area contributed by atoms with Crippen molar-refractivity contribution in [3.05, 3.63) is 47.3 Å². The third-order valence-electron chi connectivity index (χ3n) is 5.45. The molecule has 6 heteroatoms. The number of hydrogen-bond donors (Lipinski definition) is 0. The van der Waals surface area contributed by atoms with Gasteiger partial charge in [-0.25, -0.2) is 9.97 Å². The standard InChI is InChI=1S/C21H29N5O/c1-3-27-20-7-5-4-6-17(20)15-25-9-8-19-18(16-25)14-22-21(23-19)26-12-10-24(2)11-13-26/h4-7,14H,3,8-13,15-16H2,1-2H3. The highest BCUT2D eigenvalue weighted by molar-refractivity contribution is 5.36. The molecule has 0 saturated carbocycles. The van der Waals surface area contributed by atoms with Crippen LogP contribution in [0.25, 0.3) is 0 Å². The second-order valence-electron chi connectivity index (χ2n) is 7.43. The summed E-state index contributed by atoms with van der Waals surface area (Å²) in [5, 5.41) is 0. The molecule has 1 aromatic carbocycles. The van der Waals surface area contributed by atoms with Crippen molar-refractivity contribution in [3.8, 4) is 5.75 Å². The van der Waals surface area contributed by atoms with Crippen LogP contribution in [0.4, 0.5) is 5.95 Å². The van der Waals surface area contributed by atoms with Gasteiger partial charge in [0.15, 0.2) is 0 Å². The number of ether oxygens (including phenoxy) is 1. The number of rotatable bonds is 5. The van der Waals surface area contributed by atoms with E-state index in [-0.39, 0.29) is 0 Å². The van der Waals surface area contributed by atoms with Gasteiger partial charge in [-0.2, -0.15) is 0 Å². The van der Waals surface area contributed by atoms with E-state index in [0.29, 0.717) is 6.61 Å². The molecular formula is C21H29N5O. The number of benzene rings is 1. The predicted molar refractivity (Wildman–Crippen MR) is 107 cm³/mol. The first kappa shape index (κ1) is 18.2. The molecule has 0 atom stereocenters. The van der Waals surface area contributed by atoms with Crippen molar-refractivity contribution in [3.63, 3.8) is 0 Å². The van der Waals surface area contributed by atoms with E-state index in [0.717, 1.165) is 63.9 Å². The lowest BCUT2D eigenvalue weighted by molar-refractivity contribution is 0.236. The highest BCUT2D eigenvalue weighted by Crippen LogP contribution is 2.24. The van der Waals surface area contributed by atoms with Crippen LogP contribution in [0.1, 0.15) is 23.7 Å². The van der Waals surface area contributed by atoms with Crippen molar-refractivity contribution < 1.29 is 4.74 Å². The van der Waals surface area contributed by atoms with E-state index >= 15 is 0 Å². The Morgan fingerprint density at radius 2 is 1.89 bits per heavy atom. The third-order valence-corrected chi connectivity index (χ3v) is 5.45. The van der Waals surface area contributed by atoms with Crippen molar-refractivity contribution in [1.82, 2.24) is 19.8 Å². The topological polar surface area (TPSA) is 44.7 Å². The molecule has 2 aliphatic heterocycles. The van der Waals surface area contributed by atoms with Crippen molar-refractivity contribution in [1.29, 1.82) is 0 Å². The average molecular weight is 367 g/mol. The average Bonchev–Trinajstić information content (AvgIpc) is 2.70. The van der Waals surface area contributed by atoms with Gasteiger partial charge in [0.1, 0.15) is 5.75 Å². The Morgan fingerprint density at radius 3 is 2.70 bits per heavy atom. The molecule has 1 fully saturated rings. The fraction of sp³-hybridized carbons (Fsp3) is 0.524. The van der Waals surface area contributed by atoms with E-state index < -0.39 is 0 Å². The van der Waals surface area contributed by atoms with Gasteiger partial charge in [-0.1, -0.05) is 18.2 Å². The second-order valence-corrected chi connectivity index (χ2v) is 7.43. The number of aromatic nitrogens is 2. The summed E-state index contributed by atoms with van der Waals surface area (Å²) in [6, 6.07) is 8.34. The Bertz CT molecular complexity index is 773. The maximum absolute atomic E-state index is 5.78. The minimum atomic E-state index is 0.697. The van der Waals surface area contributed by atoms with E-state index in [1.807, 2.05) is 19.2 Å². The summed E-state index contributed by atoms with van der Waals surface area (Å²) in [7, 11) is 2.17. The maximum Gasteiger partial charge on any atom is 0.225 e. The molecule has 0 amide bonds. The van der Waals surface area contributed by atoms with Crippen LogP contribution >= 0.6 is 0 Å². The highest BCUT2D eigenvalue weighted by atomic mass is 16.5. The maximum atomic E-state index is 5.78. The Morgan fingerprint density at radius 1 is 1.07 bits per heavy atom. The highest BCUT2D eigenvalue weighted by Gasteiger charge is 2.22. The van der Waals surface area contributed by atoms with Gasteiger partial charge in [0, 0.05) is 69.6 Å². The SMILES string of the molecule is CCOc1ccccc1CN1CCc2nc(N3CCN(C)CC3)ncc2C1. The Kier molecular flexibility index (Phi) is 5.55. The minimum Gasteiger partial charge on any atom is -0.494 e. The quantitative estimate of drug-likeness (QED) is 0.807. The second kappa shape index (κ2) is 8.23. The first-order valence-corrected chi connectivity index (χ1v) is 9.94. The number of anilines is 1. The van der Waals surface area contributed by atoms with Crippen LogP contribution in [0.15, 0.2) is 30.5 Å². The van der Waals surface area contributed by atoms with Crippen LogP contribution in [0, 0.1) is 0 Å². The van der Waals surface area contributed by atoms with Gasteiger partial charge in [0.25, 0.3) is 0 Å². The molecule has 2 aliphatic rings. The summed E-state index contributed by atoms with van der Waals surface area (Å²) in [4.78, 5) is 16.7. The van der Waals surface area contributed by atoms with Crippen LogP contribution in [-0.4, -0.2) is 66.1 Å². The first-order valence-electron chi connectivity index (χ1n) is 9.94. The molecule has 0 N–H and O–H groups in total. The van der Waals surface area contributed by atoms with Crippen molar-refractivity contribution in [2.45, 2.75) is 26.4 Å². The molecular weight excluding hydrogens is 338 g/mol. The van der Waals surface area contributed by atoms with E-state index in [9.17, 15) is 0 Å². The van der Waals surface area contributed by atoms with Crippen molar-refractivity contribution >= 4 is 5.95 Å². The summed E-state index contributed by atoms with van der Waals surface area (Å²) in [5.74, 6) is 1.89. The van der Waals surface area contributed by atoms with E-state index in [4.69, 9.17) is 9.72 Å². The molecule has 6 nitrogen and oxygen atoms in total. The Balaban J connectivity index is 1.43. The fourth-order valence-electron chi connectivity index (χ4n) is 3.83. The van der Waals surface area contributed by atoms with Crippen LogP contribution in [-0.2, 0) is 19.5 Å². The lowest BCUT2D eigenvalue weighted by atomic mass is 10.1. The molecule has 0 bridgehead atoms. The minimum absolute atomic E-state index is 0.697. The molecule has 144 valence electrons. The summed E-state index contributed by atoms with van der Waals surface area (Å²) in [6.07, 6.45) is 3.02. The number of para-hydroxylation sites is 1. The summed E-state index contributed by atoms with van der Waals surface area (Å²) < 4.78 is 5.78. The number of hydrogen-bond acceptors (Lipinski definition) is 6. The monoisotopic (exact) mass is 367 g/mol. The molecule has 0 spiro atoms. The van der Waals surface area contributed by atoms with Crippen molar-refractivity contribution in [2.24, 2.45) is 0 Å². The molecule has 1 saturated heterocycles. The van der Waals surface area contributed by atoms with Crippen LogP contribution in [0.5, 0.6) is 5.75 Å². The van der Waals surface area contributed by atoms with Gasteiger partial charge in [0.2, 0.25) is 5.95 Å². The molecule has 2 aromatic rings. The van der Waals surface area contributed by atoms with Crippen LogP contribution in [0.2, 0.25) is 0 Å². The molecule has 4 rings (SSSR count). The fourth-order valence-corrected chi connectivity index (χ4v) is 3.83. The molecule has 3 heterocycles. The number of nitrogens with zero attached hydrogens (tertiary/aromatic N) is 5. The molecule has 0 radical (unpaired) electrons. The Hall–Kier alpha value is -2.18. The van der Waals surface area contributed by atoms with Crippen LogP contribution in [0.3, 0.4) is 0 Å². The van der Waals surface area contributed by atoms with Gasteiger partial charge in [-0.15, -0.1) is 0 Å². The smallest absolute Gasteiger partial charge is 0.225 e. The molecule has 0 unspecified atom stereocenters. The first-order chi connectivity index (χ1) is 13.2. The largest absolute Gasteiger partial charge is 0.494 e. The van der Waals surface area contributed by atoms with Gasteiger partial charge >= 0.3 is 0 Å². The van der Waals surface area contributed by atoms with Gasteiger partial charge in [-0.3, -0.25) is 4.90 Å². The normalized spacial score (nSPS) is 18.4. The number of likely N-dealkylation sites (N-methyl/N-ethyl adjacent to an activating group) is 1. The van der Waals surface area contributed by atoms with Crippen molar-refractivity contribution in [2.75, 3.05) is 51.3 Å². The zero-order valence-electron chi connectivity index (χ0n) is 16.4. The zero-order chi connectivity index (χ0) is 18.6. The van der Waals surface area contributed by atoms with E-state index in [2.05, 4.69) is 44.9 Å². The lowest BCUT2D eigenvalue weighted by Crippen LogP contribution is -2.45. The number of fused-ring (bicyclic) bond motifs is 1. The van der Waals surface area contributed by atoms with Gasteiger partial charge in [-0.05, 0) is 20.0 Å². The Labute approximate surface area is 161 Å². The van der Waals surface area contributed by atoms with E-state index in [1.165, 1.54) is 16.8 Å². The van der Waals surface area contributed by atoms with Gasteiger partial charge in [0.05, 0.1) is 12.3 Å². The summed E-state index contributed by atoms with van der Waals surface area (Å²) in [6.45, 7) is 9.72.